The molecule has 1 heterocycles. The van der Waals surface area contributed by atoms with Crippen LogP contribution in [0.1, 0.15) is 43.6 Å². The molecule has 0 radical (unpaired) electrons. The maximum absolute atomic E-state index is 11.7. The lowest BCUT2D eigenvalue weighted by Crippen LogP contribution is -2.41. The van der Waals surface area contributed by atoms with Crippen LogP contribution in [0.5, 0.6) is 0 Å². The molecule has 0 bridgehead atoms. The average molecular weight is 327 g/mol. The third-order valence-corrected chi connectivity index (χ3v) is 4.75. The van der Waals surface area contributed by atoms with E-state index in [2.05, 4.69) is 22.5 Å². The summed E-state index contributed by atoms with van der Waals surface area (Å²) >= 11 is 0. The Hall–Kier alpha value is -2.63. The Morgan fingerprint density at radius 1 is 1.08 bits per heavy atom. The van der Waals surface area contributed by atoms with Crippen LogP contribution in [0, 0.1) is 5.92 Å². The lowest BCUT2D eigenvalue weighted by Gasteiger charge is -2.29. The summed E-state index contributed by atoms with van der Waals surface area (Å²) in [7, 11) is 0. The van der Waals surface area contributed by atoms with E-state index in [9.17, 15) is 9.59 Å². The maximum atomic E-state index is 11.7. The van der Waals surface area contributed by atoms with Gasteiger partial charge in [-0.1, -0.05) is 18.2 Å². The first kappa shape index (κ1) is 16.2. The van der Waals surface area contributed by atoms with Gasteiger partial charge in [-0.15, -0.1) is 0 Å². The third-order valence-electron chi connectivity index (χ3n) is 4.75. The lowest BCUT2D eigenvalue weighted by molar-refractivity contribution is -0.123. The van der Waals surface area contributed by atoms with Crippen molar-refractivity contribution in [2.24, 2.45) is 5.92 Å². The van der Waals surface area contributed by atoms with E-state index < -0.39 is 6.09 Å². The van der Waals surface area contributed by atoms with E-state index in [-0.39, 0.29) is 5.91 Å². The summed E-state index contributed by atoms with van der Waals surface area (Å²) in [6, 6.07) is 10.3. The van der Waals surface area contributed by atoms with Gasteiger partial charge >= 0.3 is 6.09 Å². The summed E-state index contributed by atoms with van der Waals surface area (Å²) in [5.41, 5.74) is 6.47. The van der Waals surface area contributed by atoms with Crippen LogP contribution in [0.15, 0.2) is 36.5 Å². The number of hydrazine groups is 1. The highest BCUT2D eigenvalue weighted by Crippen LogP contribution is 2.39. The van der Waals surface area contributed by atoms with Crippen molar-refractivity contribution >= 4 is 22.9 Å². The molecule has 24 heavy (non-hydrogen) atoms. The Bertz CT molecular complexity index is 734. The summed E-state index contributed by atoms with van der Waals surface area (Å²) in [5, 5.41) is 9.70. The Kier molecular flexibility index (Phi) is 4.93. The molecule has 1 aromatic heterocycles. The van der Waals surface area contributed by atoms with Gasteiger partial charge in [-0.2, -0.15) is 0 Å². The van der Waals surface area contributed by atoms with E-state index in [1.54, 1.807) is 0 Å². The first-order chi connectivity index (χ1) is 11.6. The zero-order valence-electron chi connectivity index (χ0n) is 13.4. The largest absolute Gasteiger partial charge is 0.464 e. The fourth-order valence-corrected chi connectivity index (χ4v) is 3.59. The quantitative estimate of drug-likeness (QED) is 0.755. The van der Waals surface area contributed by atoms with Crippen molar-refractivity contribution in [1.82, 2.24) is 15.8 Å². The number of nitrogens with zero attached hydrogens (tertiary/aromatic N) is 1. The van der Waals surface area contributed by atoms with Gasteiger partial charge in [0.05, 0.1) is 5.52 Å². The maximum Gasteiger partial charge on any atom is 0.423 e. The molecule has 0 atom stereocenters. The zero-order chi connectivity index (χ0) is 16.9. The third kappa shape index (κ3) is 3.82. The molecule has 1 saturated carbocycles. The van der Waals surface area contributed by atoms with Crippen molar-refractivity contribution in [2.45, 2.75) is 38.0 Å². The molecule has 1 aliphatic rings. The molecule has 6 heteroatoms. The van der Waals surface area contributed by atoms with Crippen molar-refractivity contribution in [1.29, 1.82) is 0 Å². The van der Waals surface area contributed by atoms with Gasteiger partial charge < -0.3 is 5.11 Å². The van der Waals surface area contributed by atoms with Gasteiger partial charge in [0.15, 0.2) is 0 Å². The molecule has 1 fully saturated rings. The summed E-state index contributed by atoms with van der Waals surface area (Å²) in [4.78, 5) is 26.5. The second kappa shape index (κ2) is 7.29. The van der Waals surface area contributed by atoms with E-state index in [0.29, 0.717) is 18.3 Å². The summed E-state index contributed by atoms with van der Waals surface area (Å²) in [6.45, 7) is 0. The van der Waals surface area contributed by atoms with Crippen LogP contribution in [0.4, 0.5) is 4.79 Å². The number of carbonyl (C=O) groups excluding carboxylic acids is 1. The van der Waals surface area contributed by atoms with Crippen LogP contribution in [0.3, 0.4) is 0 Å². The molecular weight excluding hydrogens is 306 g/mol. The van der Waals surface area contributed by atoms with E-state index in [1.807, 2.05) is 29.8 Å². The zero-order valence-corrected chi connectivity index (χ0v) is 13.4. The van der Waals surface area contributed by atoms with E-state index >= 15 is 0 Å². The monoisotopic (exact) mass is 327 g/mol. The Morgan fingerprint density at radius 2 is 1.83 bits per heavy atom. The number of benzene rings is 1. The first-order valence-electron chi connectivity index (χ1n) is 8.25. The standard InChI is InChI=1S/C18H21N3O3/c22-17(20-21-18(23)24)11-12-5-7-13(8-6-12)14-9-10-19-16-4-2-1-3-15(14)16/h1-4,9-10,12-13,21H,5-8,11H2,(H,20,22)(H,23,24). The SMILES string of the molecule is O=C(O)NNC(=O)CC1CCC(c2ccnc3ccccc23)CC1. The van der Waals surface area contributed by atoms with Gasteiger partial charge in [-0.25, -0.2) is 10.2 Å². The molecule has 1 aromatic carbocycles. The van der Waals surface area contributed by atoms with Crippen LogP contribution < -0.4 is 10.9 Å². The van der Waals surface area contributed by atoms with Gasteiger partial charge in [0.2, 0.25) is 5.91 Å². The second-order valence-corrected chi connectivity index (χ2v) is 6.32. The molecule has 0 spiro atoms. The number of rotatable bonds is 3. The average Bonchev–Trinajstić information content (AvgIpc) is 2.60. The van der Waals surface area contributed by atoms with Crippen molar-refractivity contribution in [2.75, 3.05) is 0 Å². The molecule has 1 aliphatic carbocycles. The minimum absolute atomic E-state index is 0.268. The molecule has 126 valence electrons. The van der Waals surface area contributed by atoms with Crippen molar-refractivity contribution < 1.29 is 14.7 Å². The number of hydrogen-bond donors (Lipinski definition) is 3. The molecule has 3 rings (SSSR count). The number of fused-ring (bicyclic) bond motifs is 1. The van der Waals surface area contributed by atoms with E-state index in [0.717, 1.165) is 31.2 Å². The number of carboxylic acid groups (broad SMARTS) is 1. The second-order valence-electron chi connectivity index (χ2n) is 6.32. The highest BCUT2D eigenvalue weighted by atomic mass is 16.4. The van der Waals surface area contributed by atoms with Crippen LogP contribution in [0.25, 0.3) is 10.9 Å². The summed E-state index contributed by atoms with van der Waals surface area (Å²) in [6.07, 6.45) is 5.01. The number of pyridine rings is 1. The topological polar surface area (TPSA) is 91.3 Å². The molecule has 2 amide bonds. The molecule has 3 N–H and O–H groups in total. The predicted molar refractivity (Wildman–Crippen MR) is 90.4 cm³/mol. The number of nitrogens with one attached hydrogen (secondary N) is 2. The highest BCUT2D eigenvalue weighted by molar-refractivity contribution is 5.82. The Balaban J connectivity index is 1.59. The van der Waals surface area contributed by atoms with Crippen molar-refractivity contribution in [3.8, 4) is 0 Å². The minimum atomic E-state index is -1.25. The lowest BCUT2D eigenvalue weighted by atomic mass is 9.77. The molecule has 6 nitrogen and oxygen atoms in total. The fraction of sp³-hybridized carbons (Fsp3) is 0.389. The number of aromatic nitrogens is 1. The van der Waals surface area contributed by atoms with Gasteiger partial charge in [-0.3, -0.25) is 15.2 Å². The van der Waals surface area contributed by atoms with Crippen LogP contribution >= 0.6 is 0 Å². The van der Waals surface area contributed by atoms with Crippen LogP contribution in [-0.4, -0.2) is 22.1 Å². The van der Waals surface area contributed by atoms with Gasteiger partial charge in [0.25, 0.3) is 0 Å². The molecule has 0 saturated heterocycles. The van der Waals surface area contributed by atoms with Crippen LogP contribution in [-0.2, 0) is 4.79 Å². The highest BCUT2D eigenvalue weighted by Gasteiger charge is 2.25. The number of carbonyl (C=O) groups is 2. The molecule has 0 aliphatic heterocycles. The normalized spacial score (nSPS) is 20.5. The Labute approximate surface area is 140 Å². The predicted octanol–water partition coefficient (Wildman–Crippen LogP) is 3.20. The number of hydrogen-bond acceptors (Lipinski definition) is 3. The smallest absolute Gasteiger partial charge is 0.423 e. The summed E-state index contributed by atoms with van der Waals surface area (Å²) in [5.74, 6) is 0.537. The van der Waals surface area contributed by atoms with E-state index in [1.165, 1.54) is 10.9 Å². The van der Waals surface area contributed by atoms with Gasteiger partial charge in [0, 0.05) is 18.0 Å². The minimum Gasteiger partial charge on any atom is -0.464 e. The first-order valence-corrected chi connectivity index (χ1v) is 8.25. The van der Waals surface area contributed by atoms with E-state index in [4.69, 9.17) is 5.11 Å². The molecule has 2 aromatic rings. The molecule has 0 unspecified atom stereocenters. The van der Waals surface area contributed by atoms with Gasteiger partial charge in [-0.05, 0) is 55.2 Å². The van der Waals surface area contributed by atoms with Crippen LogP contribution in [0.2, 0.25) is 0 Å². The summed E-state index contributed by atoms with van der Waals surface area (Å²) < 4.78 is 0. The van der Waals surface area contributed by atoms with Crippen molar-refractivity contribution in [3.63, 3.8) is 0 Å². The Morgan fingerprint density at radius 3 is 2.58 bits per heavy atom. The number of para-hydroxylation sites is 1. The van der Waals surface area contributed by atoms with Crippen molar-refractivity contribution in [3.05, 3.63) is 42.1 Å². The number of amides is 2. The molecular formula is C18H21N3O3. The fourth-order valence-electron chi connectivity index (χ4n) is 3.59. The van der Waals surface area contributed by atoms with Gasteiger partial charge in [0.1, 0.15) is 0 Å².